The van der Waals surface area contributed by atoms with E-state index in [9.17, 15) is 0 Å². The van der Waals surface area contributed by atoms with E-state index in [1.165, 1.54) is 102 Å². The Balaban J connectivity index is 1.19. The van der Waals surface area contributed by atoms with E-state index in [0.29, 0.717) is 11.8 Å². The summed E-state index contributed by atoms with van der Waals surface area (Å²) in [4.78, 5) is 4.94. The van der Waals surface area contributed by atoms with Gasteiger partial charge in [0.05, 0.1) is 22.7 Å². The highest BCUT2D eigenvalue weighted by molar-refractivity contribution is 6.30. The van der Waals surface area contributed by atoms with E-state index in [0.717, 1.165) is 86.0 Å². The number of anilines is 6. The molecule has 2 fully saturated rings. The van der Waals surface area contributed by atoms with Crippen LogP contribution in [0.3, 0.4) is 0 Å². The van der Waals surface area contributed by atoms with Gasteiger partial charge in [0.15, 0.2) is 11.2 Å². The number of hydrogen-bond acceptors (Lipinski definition) is 4. The monoisotopic (exact) mass is 898 g/mol. The third kappa shape index (κ3) is 6.85. The standard InChI is InChI=1S/C65H58N2O2/c1-3-21-60-46(4-2)50-31-19-33-56(64(50)68-60)66(44-26-13-7-14-27-44)58-41-59(67(45-28-15-8-16-29-45)57-34-20-32-51-47-30-17-18-35-61(47)69-65(51)57)53-39-37-49-55(43-24-11-6-12-25-43)40-54(42-22-9-5-10-23-42)48-36-38-52(58)63(53)62(48)49/h3-4,7-8,13-17,19-21,26-34,36-43H,2,5-6,9-12,18,22-25,35H2,1H3/b21-3-. The highest BCUT2D eigenvalue weighted by atomic mass is 16.3. The van der Waals surface area contributed by atoms with Crippen LogP contribution in [0.2, 0.25) is 0 Å². The van der Waals surface area contributed by atoms with E-state index < -0.39 is 0 Å². The Bertz CT molecular complexity index is 3580. The fourth-order valence-electron chi connectivity index (χ4n) is 12.8. The predicted molar refractivity (Wildman–Crippen MR) is 293 cm³/mol. The van der Waals surface area contributed by atoms with Crippen LogP contribution in [-0.2, 0) is 6.42 Å². The third-order valence-corrected chi connectivity index (χ3v) is 15.9. The van der Waals surface area contributed by atoms with Gasteiger partial charge in [0, 0.05) is 55.9 Å². The molecule has 0 N–H and O–H groups in total. The van der Waals surface area contributed by atoms with E-state index in [1.807, 2.05) is 19.1 Å². The summed E-state index contributed by atoms with van der Waals surface area (Å²) < 4.78 is 14.0. The van der Waals surface area contributed by atoms with Crippen molar-refractivity contribution in [2.45, 2.75) is 95.8 Å². The number of furan rings is 2. The van der Waals surface area contributed by atoms with E-state index in [2.05, 4.69) is 168 Å². The summed E-state index contributed by atoms with van der Waals surface area (Å²) in [5.74, 6) is 2.99. The largest absolute Gasteiger partial charge is 0.458 e. The van der Waals surface area contributed by atoms with Gasteiger partial charge in [-0.15, -0.1) is 0 Å². The molecule has 0 unspecified atom stereocenters. The van der Waals surface area contributed by atoms with Gasteiger partial charge < -0.3 is 18.6 Å². The van der Waals surface area contributed by atoms with Crippen LogP contribution < -0.4 is 9.80 Å². The molecule has 10 aromatic rings. The fraction of sp³-hybridized carbons (Fsp3) is 0.231. The van der Waals surface area contributed by atoms with E-state index in [4.69, 9.17) is 8.83 Å². The molecule has 2 saturated carbocycles. The van der Waals surface area contributed by atoms with Crippen molar-refractivity contribution in [3.05, 3.63) is 186 Å². The molecule has 2 heterocycles. The SMILES string of the molecule is C=Cc1c(/C=C\C)oc2c(N(c3ccccc3)c3cc(N(c4ccccc4)c4cccc5c6c(oc45)CCC=C6)c4ccc5c(C6CCCCC6)cc(C6CCCCC6)c6ccc3c4c65)cccc12. The zero-order chi connectivity index (χ0) is 46.0. The molecule has 0 spiro atoms. The van der Waals surface area contributed by atoms with Gasteiger partial charge >= 0.3 is 0 Å². The maximum atomic E-state index is 7.02. The molecular formula is C65H58N2O2. The molecule has 0 aliphatic heterocycles. The Morgan fingerprint density at radius 2 is 1.06 bits per heavy atom. The second-order valence-corrected chi connectivity index (χ2v) is 19.8. The summed E-state index contributed by atoms with van der Waals surface area (Å²) in [6.07, 6.45) is 25.4. The zero-order valence-corrected chi connectivity index (χ0v) is 39.6. The molecule has 0 atom stereocenters. The molecule has 4 heteroatoms. The van der Waals surface area contributed by atoms with Crippen molar-refractivity contribution in [2.24, 2.45) is 0 Å². The highest BCUT2D eigenvalue weighted by Crippen LogP contribution is 2.55. The van der Waals surface area contributed by atoms with Gasteiger partial charge in [-0.1, -0.05) is 160 Å². The first-order valence-electron chi connectivity index (χ1n) is 25.7. The number of nitrogens with zero attached hydrogens (tertiary/aromatic N) is 2. The molecule has 13 rings (SSSR count). The maximum absolute atomic E-state index is 7.02. The van der Waals surface area contributed by atoms with Crippen molar-refractivity contribution in [1.29, 1.82) is 0 Å². The summed E-state index contributed by atoms with van der Waals surface area (Å²) in [5, 5.41) is 10.2. The minimum absolute atomic E-state index is 0.560. The van der Waals surface area contributed by atoms with Crippen LogP contribution in [0.5, 0.6) is 0 Å². The van der Waals surface area contributed by atoms with Gasteiger partial charge in [0.25, 0.3) is 0 Å². The molecule has 69 heavy (non-hydrogen) atoms. The van der Waals surface area contributed by atoms with E-state index in [1.54, 1.807) is 11.1 Å². The van der Waals surface area contributed by atoms with Crippen molar-refractivity contribution in [2.75, 3.05) is 9.80 Å². The quantitative estimate of drug-likeness (QED) is 0.128. The van der Waals surface area contributed by atoms with Crippen LogP contribution in [0.15, 0.2) is 161 Å². The number of hydrogen-bond donors (Lipinski definition) is 0. The Morgan fingerprint density at radius 1 is 0.522 bits per heavy atom. The topological polar surface area (TPSA) is 32.8 Å². The summed E-state index contributed by atoms with van der Waals surface area (Å²) in [6.45, 7) is 6.30. The molecule has 0 saturated heterocycles. The first-order chi connectivity index (χ1) is 34.2. The number of benzene rings is 8. The summed E-state index contributed by atoms with van der Waals surface area (Å²) in [7, 11) is 0. The Morgan fingerprint density at radius 3 is 1.62 bits per heavy atom. The average molecular weight is 899 g/mol. The molecule has 3 aliphatic carbocycles. The Hall–Kier alpha value is -7.30. The number of rotatable bonds is 10. The molecule has 340 valence electrons. The number of aryl methyl sites for hydroxylation is 1. The summed E-state index contributed by atoms with van der Waals surface area (Å²) >= 11 is 0. The number of allylic oxidation sites excluding steroid dienone is 2. The van der Waals surface area contributed by atoms with Gasteiger partial charge in [-0.3, -0.25) is 0 Å². The minimum atomic E-state index is 0.560. The molecule has 2 aromatic heterocycles. The van der Waals surface area contributed by atoms with Crippen LogP contribution in [-0.4, -0.2) is 0 Å². The Labute approximate surface area is 405 Å². The number of fused-ring (bicyclic) bond motifs is 4. The van der Waals surface area contributed by atoms with E-state index >= 15 is 0 Å². The van der Waals surface area contributed by atoms with Crippen molar-refractivity contribution in [1.82, 2.24) is 0 Å². The smallest absolute Gasteiger partial charge is 0.159 e. The first-order valence-corrected chi connectivity index (χ1v) is 25.7. The van der Waals surface area contributed by atoms with Gasteiger partial charge in [0.2, 0.25) is 0 Å². The lowest BCUT2D eigenvalue weighted by Gasteiger charge is -2.33. The lowest BCUT2D eigenvalue weighted by molar-refractivity contribution is 0.438. The Kier molecular flexibility index (Phi) is 10.5. The van der Waals surface area contributed by atoms with Crippen molar-refractivity contribution < 1.29 is 8.83 Å². The van der Waals surface area contributed by atoms with Gasteiger partial charge in [-0.05, 0) is 127 Å². The normalized spacial score (nSPS) is 15.9. The molecule has 3 aliphatic rings. The number of para-hydroxylation sites is 4. The molecule has 0 radical (unpaired) electrons. The minimum Gasteiger partial charge on any atom is -0.458 e. The van der Waals surface area contributed by atoms with Crippen molar-refractivity contribution >= 4 is 107 Å². The molecule has 4 nitrogen and oxygen atoms in total. The molecule has 0 amide bonds. The third-order valence-electron chi connectivity index (χ3n) is 15.9. The summed E-state index contributed by atoms with van der Waals surface area (Å²) in [5.41, 5.74) is 13.4. The van der Waals surface area contributed by atoms with Crippen LogP contribution >= 0.6 is 0 Å². The fourth-order valence-corrected chi connectivity index (χ4v) is 12.8. The molecule has 0 bridgehead atoms. The van der Waals surface area contributed by atoms with Crippen LogP contribution in [0.1, 0.15) is 123 Å². The van der Waals surface area contributed by atoms with Crippen molar-refractivity contribution in [3.8, 4) is 0 Å². The van der Waals surface area contributed by atoms with Gasteiger partial charge in [0.1, 0.15) is 11.5 Å². The average Bonchev–Trinajstić information content (AvgIpc) is 3.98. The predicted octanol–water partition coefficient (Wildman–Crippen LogP) is 19.7. The molecular weight excluding hydrogens is 841 g/mol. The van der Waals surface area contributed by atoms with Crippen LogP contribution in [0.4, 0.5) is 34.1 Å². The second kappa shape index (κ2) is 17.3. The lowest BCUT2D eigenvalue weighted by Crippen LogP contribution is -2.15. The highest BCUT2D eigenvalue weighted by Gasteiger charge is 2.31. The lowest BCUT2D eigenvalue weighted by atomic mass is 9.75. The van der Waals surface area contributed by atoms with Gasteiger partial charge in [-0.2, -0.15) is 0 Å². The maximum Gasteiger partial charge on any atom is 0.159 e. The van der Waals surface area contributed by atoms with Crippen molar-refractivity contribution in [3.63, 3.8) is 0 Å². The van der Waals surface area contributed by atoms with Crippen LogP contribution in [0, 0.1) is 0 Å². The first kappa shape index (κ1) is 41.9. The second-order valence-electron chi connectivity index (χ2n) is 19.8. The summed E-state index contributed by atoms with van der Waals surface area (Å²) in [6, 6.07) is 50.2. The van der Waals surface area contributed by atoms with E-state index in [-0.39, 0.29) is 0 Å². The van der Waals surface area contributed by atoms with Gasteiger partial charge in [-0.25, -0.2) is 0 Å². The molecule has 8 aromatic carbocycles. The van der Waals surface area contributed by atoms with Crippen LogP contribution in [0.25, 0.3) is 72.5 Å². The zero-order valence-electron chi connectivity index (χ0n) is 39.6.